The molecular weight excluding hydrogens is 322 g/mol. The lowest BCUT2D eigenvalue weighted by Crippen LogP contribution is -2.40. The van der Waals surface area contributed by atoms with Crippen LogP contribution in [0.5, 0.6) is 0 Å². The summed E-state index contributed by atoms with van der Waals surface area (Å²) in [6, 6.07) is 3.62. The molecule has 7 heteroatoms. The molecule has 18 heavy (non-hydrogen) atoms. The molecule has 0 amide bonds. The maximum atomic E-state index is 12.2. The summed E-state index contributed by atoms with van der Waals surface area (Å²) in [6.45, 7) is 3.09. The highest BCUT2D eigenvalue weighted by molar-refractivity contribution is 9.10. The molecule has 0 aromatic heterocycles. The molecule has 0 aliphatic heterocycles. The van der Waals surface area contributed by atoms with Gasteiger partial charge >= 0.3 is 5.97 Å². The highest BCUT2D eigenvalue weighted by atomic mass is 79.9. The molecule has 1 N–H and O–H groups in total. The molecule has 0 spiro atoms. The van der Waals surface area contributed by atoms with Crippen LogP contribution in [0.2, 0.25) is 0 Å². The summed E-state index contributed by atoms with van der Waals surface area (Å²) in [6.07, 6.45) is 0. The van der Waals surface area contributed by atoms with Crippen LogP contribution in [0.25, 0.3) is 0 Å². The van der Waals surface area contributed by atoms with Gasteiger partial charge in [0.2, 0.25) is 10.0 Å². The number of rotatable bonds is 4. The molecule has 1 unspecified atom stereocenters. The van der Waals surface area contributed by atoms with Crippen LogP contribution in [0.3, 0.4) is 0 Å². The zero-order valence-electron chi connectivity index (χ0n) is 10.2. The van der Waals surface area contributed by atoms with Crippen LogP contribution in [0.4, 0.5) is 0 Å². The maximum Gasteiger partial charge on any atom is 0.321 e. The van der Waals surface area contributed by atoms with Crippen LogP contribution in [0.1, 0.15) is 12.5 Å². The Bertz CT molecular complexity index is 550. The molecule has 0 bridgehead atoms. The minimum Gasteiger partial charge on any atom is -0.480 e. The monoisotopic (exact) mass is 335 g/mol. The number of carboxylic acid groups (broad SMARTS) is 1. The number of sulfonamides is 1. The Morgan fingerprint density at radius 1 is 1.39 bits per heavy atom. The first-order chi connectivity index (χ1) is 8.16. The van der Waals surface area contributed by atoms with E-state index in [0.29, 0.717) is 4.47 Å². The fourth-order valence-electron chi connectivity index (χ4n) is 1.38. The fraction of sp³-hybridized carbons (Fsp3) is 0.364. The van der Waals surface area contributed by atoms with E-state index in [0.717, 1.165) is 9.87 Å². The van der Waals surface area contributed by atoms with Crippen LogP contribution < -0.4 is 0 Å². The van der Waals surface area contributed by atoms with Crippen LogP contribution in [-0.4, -0.2) is 36.9 Å². The fourth-order valence-corrected chi connectivity index (χ4v) is 3.59. The summed E-state index contributed by atoms with van der Waals surface area (Å²) in [4.78, 5) is 10.9. The molecule has 1 aromatic carbocycles. The molecule has 0 aliphatic carbocycles. The normalized spacial score (nSPS) is 13.6. The number of nitrogens with zero attached hydrogens (tertiary/aromatic N) is 1. The van der Waals surface area contributed by atoms with Gasteiger partial charge in [0.25, 0.3) is 0 Å². The van der Waals surface area contributed by atoms with E-state index in [2.05, 4.69) is 15.9 Å². The molecule has 1 atom stereocenters. The average Bonchev–Trinajstić information content (AvgIpc) is 2.25. The van der Waals surface area contributed by atoms with E-state index in [-0.39, 0.29) is 4.90 Å². The Hall–Kier alpha value is -0.920. The van der Waals surface area contributed by atoms with E-state index in [1.165, 1.54) is 26.1 Å². The zero-order valence-corrected chi connectivity index (χ0v) is 12.6. The summed E-state index contributed by atoms with van der Waals surface area (Å²) >= 11 is 3.22. The number of hydrogen-bond donors (Lipinski definition) is 1. The molecule has 100 valence electrons. The van der Waals surface area contributed by atoms with Gasteiger partial charge in [-0.2, -0.15) is 4.31 Å². The predicted molar refractivity (Wildman–Crippen MR) is 70.9 cm³/mol. The van der Waals surface area contributed by atoms with Crippen molar-refractivity contribution in [1.29, 1.82) is 0 Å². The Morgan fingerprint density at radius 3 is 2.39 bits per heavy atom. The van der Waals surface area contributed by atoms with E-state index in [4.69, 9.17) is 5.11 Å². The smallest absolute Gasteiger partial charge is 0.321 e. The standard InChI is InChI=1S/C11H14BrNO4S/c1-7-4-9(12)6-10(5-7)18(16,17)13(3)8(2)11(14)15/h4-6,8H,1-3H3,(H,14,15). The number of likely N-dealkylation sites (N-methyl/N-ethyl adjacent to an activating group) is 1. The summed E-state index contributed by atoms with van der Waals surface area (Å²) in [5.41, 5.74) is 0.777. The van der Waals surface area contributed by atoms with E-state index in [1.54, 1.807) is 13.0 Å². The molecular formula is C11H14BrNO4S. The van der Waals surface area contributed by atoms with Crippen LogP contribution in [0, 0.1) is 6.92 Å². The second-order valence-corrected chi connectivity index (χ2v) is 6.91. The lowest BCUT2D eigenvalue weighted by Gasteiger charge is -2.21. The summed E-state index contributed by atoms with van der Waals surface area (Å²) in [7, 11) is -2.55. The van der Waals surface area contributed by atoms with Gasteiger partial charge in [0.1, 0.15) is 6.04 Å². The SMILES string of the molecule is Cc1cc(Br)cc(S(=O)(=O)N(C)C(C)C(=O)O)c1. The molecule has 0 saturated carbocycles. The van der Waals surface area contributed by atoms with Gasteiger partial charge in [-0.25, -0.2) is 8.42 Å². The van der Waals surface area contributed by atoms with Gasteiger partial charge in [-0.3, -0.25) is 4.79 Å². The van der Waals surface area contributed by atoms with E-state index in [1.807, 2.05) is 0 Å². The maximum absolute atomic E-state index is 12.2. The number of halogens is 1. The quantitative estimate of drug-likeness (QED) is 0.911. The van der Waals surface area contributed by atoms with Gasteiger partial charge < -0.3 is 5.11 Å². The van der Waals surface area contributed by atoms with Crippen LogP contribution in [-0.2, 0) is 14.8 Å². The zero-order chi connectivity index (χ0) is 14.1. The van der Waals surface area contributed by atoms with Gasteiger partial charge in [-0.15, -0.1) is 0 Å². The van der Waals surface area contributed by atoms with Crippen molar-refractivity contribution in [1.82, 2.24) is 4.31 Å². The molecule has 1 aromatic rings. The predicted octanol–water partition coefficient (Wildman–Crippen LogP) is 1.85. The summed E-state index contributed by atoms with van der Waals surface area (Å²) in [5.74, 6) is -1.19. The van der Waals surface area contributed by atoms with Crippen molar-refractivity contribution in [2.75, 3.05) is 7.05 Å². The van der Waals surface area contributed by atoms with Crippen molar-refractivity contribution in [3.63, 3.8) is 0 Å². The summed E-state index contributed by atoms with van der Waals surface area (Å²) < 4.78 is 25.9. The molecule has 0 heterocycles. The molecule has 0 aliphatic rings. The molecule has 0 saturated heterocycles. The topological polar surface area (TPSA) is 74.7 Å². The number of aliphatic carboxylic acids is 1. The molecule has 0 radical (unpaired) electrons. The number of benzene rings is 1. The van der Waals surface area contributed by atoms with Gasteiger partial charge in [-0.1, -0.05) is 15.9 Å². The first-order valence-electron chi connectivity index (χ1n) is 5.14. The van der Waals surface area contributed by atoms with Crippen LogP contribution in [0.15, 0.2) is 27.6 Å². The molecule has 0 fully saturated rings. The second-order valence-electron chi connectivity index (χ2n) is 4.00. The molecule has 5 nitrogen and oxygen atoms in total. The Labute approximate surface area is 115 Å². The van der Waals surface area contributed by atoms with E-state index < -0.39 is 22.0 Å². The van der Waals surface area contributed by atoms with Crippen molar-refractivity contribution >= 4 is 31.9 Å². The van der Waals surface area contributed by atoms with Gasteiger partial charge in [0, 0.05) is 11.5 Å². The van der Waals surface area contributed by atoms with Gasteiger partial charge in [0.05, 0.1) is 4.90 Å². The van der Waals surface area contributed by atoms with E-state index in [9.17, 15) is 13.2 Å². The number of carboxylic acids is 1. The van der Waals surface area contributed by atoms with Crippen molar-refractivity contribution < 1.29 is 18.3 Å². The first-order valence-corrected chi connectivity index (χ1v) is 7.37. The molecule has 1 rings (SSSR count). The Morgan fingerprint density at radius 2 is 1.94 bits per heavy atom. The summed E-state index contributed by atoms with van der Waals surface area (Å²) in [5, 5.41) is 8.86. The van der Waals surface area contributed by atoms with Crippen molar-refractivity contribution in [3.8, 4) is 0 Å². The Kier molecular flexibility index (Phi) is 4.52. The third kappa shape index (κ3) is 3.09. The largest absolute Gasteiger partial charge is 0.480 e. The van der Waals surface area contributed by atoms with Crippen LogP contribution >= 0.6 is 15.9 Å². The lowest BCUT2D eigenvalue weighted by molar-refractivity contribution is -0.140. The average molecular weight is 336 g/mol. The minimum atomic E-state index is -3.81. The van der Waals surface area contributed by atoms with Gasteiger partial charge in [-0.05, 0) is 37.6 Å². The number of aryl methyl sites for hydroxylation is 1. The van der Waals surface area contributed by atoms with Gasteiger partial charge in [0.15, 0.2) is 0 Å². The second kappa shape index (κ2) is 5.38. The van der Waals surface area contributed by atoms with Crippen molar-refractivity contribution in [3.05, 3.63) is 28.2 Å². The minimum absolute atomic E-state index is 0.0741. The highest BCUT2D eigenvalue weighted by Gasteiger charge is 2.29. The number of carbonyl (C=O) groups is 1. The third-order valence-electron chi connectivity index (χ3n) is 2.60. The lowest BCUT2D eigenvalue weighted by atomic mass is 10.2. The highest BCUT2D eigenvalue weighted by Crippen LogP contribution is 2.22. The van der Waals surface area contributed by atoms with Crippen molar-refractivity contribution in [2.24, 2.45) is 0 Å². The first kappa shape index (κ1) is 15.1. The van der Waals surface area contributed by atoms with E-state index >= 15 is 0 Å². The third-order valence-corrected chi connectivity index (χ3v) is 4.96. The number of hydrogen-bond acceptors (Lipinski definition) is 3. The van der Waals surface area contributed by atoms with Crippen molar-refractivity contribution in [2.45, 2.75) is 24.8 Å². The Balaban J connectivity index is 3.25.